The fraction of sp³-hybridized carbons (Fsp3) is 0.111. The van der Waals surface area contributed by atoms with Crippen LogP contribution >= 0.6 is 0 Å². The number of nitrogens with zero attached hydrogens (tertiary/aromatic N) is 2. The molecule has 0 fully saturated rings. The van der Waals surface area contributed by atoms with Crippen molar-refractivity contribution in [1.82, 2.24) is 9.97 Å². The van der Waals surface area contributed by atoms with Gasteiger partial charge < -0.3 is 11.5 Å². The van der Waals surface area contributed by atoms with Crippen molar-refractivity contribution < 1.29 is 0 Å². The molecule has 0 saturated carbocycles. The maximum atomic E-state index is 5.69. The Labute approximate surface area is 75.6 Å². The van der Waals surface area contributed by atoms with Crippen molar-refractivity contribution in [3.05, 3.63) is 23.8 Å². The minimum Gasteiger partial charge on any atom is -0.383 e. The molecule has 2 aromatic rings. The van der Waals surface area contributed by atoms with Gasteiger partial charge in [-0.3, -0.25) is 0 Å². The maximum absolute atomic E-state index is 5.69. The minimum atomic E-state index is 0.217. The van der Waals surface area contributed by atoms with E-state index in [4.69, 9.17) is 11.5 Å². The van der Waals surface area contributed by atoms with Gasteiger partial charge in [0.1, 0.15) is 5.82 Å². The molecule has 2 rings (SSSR count). The van der Waals surface area contributed by atoms with Crippen molar-refractivity contribution in [1.29, 1.82) is 0 Å². The number of aryl methyl sites for hydroxylation is 1. The average molecular weight is 174 g/mol. The number of nitrogen functional groups attached to an aromatic ring is 2. The number of aromatic nitrogens is 2. The van der Waals surface area contributed by atoms with Crippen LogP contribution in [0.3, 0.4) is 0 Å². The van der Waals surface area contributed by atoms with Gasteiger partial charge in [0, 0.05) is 5.39 Å². The summed E-state index contributed by atoms with van der Waals surface area (Å²) in [4.78, 5) is 7.95. The van der Waals surface area contributed by atoms with E-state index in [9.17, 15) is 0 Å². The second kappa shape index (κ2) is 2.58. The van der Waals surface area contributed by atoms with Gasteiger partial charge in [-0.2, -0.15) is 4.98 Å². The van der Waals surface area contributed by atoms with E-state index in [2.05, 4.69) is 9.97 Å². The molecule has 0 aliphatic carbocycles. The summed E-state index contributed by atoms with van der Waals surface area (Å²) in [7, 11) is 0. The summed E-state index contributed by atoms with van der Waals surface area (Å²) in [6.45, 7) is 2.00. The molecule has 1 aromatic heterocycles. The van der Waals surface area contributed by atoms with Crippen LogP contribution in [0.2, 0.25) is 0 Å². The van der Waals surface area contributed by atoms with E-state index in [1.807, 2.05) is 25.1 Å². The Morgan fingerprint density at radius 3 is 2.69 bits per heavy atom. The second-order valence-electron chi connectivity index (χ2n) is 2.99. The van der Waals surface area contributed by atoms with E-state index in [-0.39, 0.29) is 5.95 Å². The van der Waals surface area contributed by atoms with Gasteiger partial charge in [0.25, 0.3) is 0 Å². The van der Waals surface area contributed by atoms with Crippen LogP contribution in [-0.4, -0.2) is 9.97 Å². The molecular formula is C9H10N4. The second-order valence-corrected chi connectivity index (χ2v) is 2.99. The molecule has 0 saturated heterocycles. The first-order valence-electron chi connectivity index (χ1n) is 3.96. The molecule has 0 aliphatic heterocycles. The highest BCUT2D eigenvalue weighted by atomic mass is 15.0. The molecular weight excluding hydrogens is 164 g/mol. The summed E-state index contributed by atoms with van der Waals surface area (Å²) in [6, 6.07) is 5.80. The lowest BCUT2D eigenvalue weighted by Gasteiger charge is -2.02. The largest absolute Gasteiger partial charge is 0.383 e. The van der Waals surface area contributed by atoms with Gasteiger partial charge in [-0.25, -0.2) is 4.98 Å². The van der Waals surface area contributed by atoms with Crippen molar-refractivity contribution >= 4 is 22.7 Å². The number of anilines is 2. The quantitative estimate of drug-likeness (QED) is 0.627. The first-order valence-corrected chi connectivity index (χ1v) is 3.96. The zero-order valence-corrected chi connectivity index (χ0v) is 7.28. The Balaban J connectivity index is 2.87. The Hall–Kier alpha value is -1.84. The third-order valence-corrected chi connectivity index (χ3v) is 1.90. The van der Waals surface area contributed by atoms with Crippen molar-refractivity contribution in [2.24, 2.45) is 0 Å². The first-order chi connectivity index (χ1) is 6.16. The van der Waals surface area contributed by atoms with E-state index in [0.29, 0.717) is 5.82 Å². The Bertz CT molecular complexity index is 464. The standard InChI is InChI=1S/C9H10N4/c1-5-2-3-7-6(4-5)8(10)13-9(11)12-7/h2-4H,1H3,(H4,10,11,12,13). The molecule has 0 amide bonds. The van der Waals surface area contributed by atoms with Crippen LogP contribution in [0, 0.1) is 6.92 Å². The molecule has 66 valence electrons. The molecule has 4 heteroatoms. The summed E-state index contributed by atoms with van der Waals surface area (Å²) in [6.07, 6.45) is 0. The summed E-state index contributed by atoms with van der Waals surface area (Å²) in [5.74, 6) is 0.653. The lowest BCUT2D eigenvalue weighted by Crippen LogP contribution is -2.00. The molecule has 0 unspecified atom stereocenters. The monoisotopic (exact) mass is 174 g/mol. The van der Waals surface area contributed by atoms with Gasteiger partial charge in [-0.15, -0.1) is 0 Å². The number of rotatable bonds is 0. The van der Waals surface area contributed by atoms with Gasteiger partial charge in [0.2, 0.25) is 5.95 Å². The predicted molar refractivity (Wildman–Crippen MR) is 53.1 cm³/mol. The third kappa shape index (κ3) is 1.26. The third-order valence-electron chi connectivity index (χ3n) is 1.90. The van der Waals surface area contributed by atoms with Crippen LogP contribution < -0.4 is 11.5 Å². The molecule has 1 aromatic carbocycles. The zero-order chi connectivity index (χ0) is 9.42. The van der Waals surface area contributed by atoms with E-state index in [1.165, 1.54) is 0 Å². The molecule has 4 nitrogen and oxygen atoms in total. The van der Waals surface area contributed by atoms with E-state index in [0.717, 1.165) is 16.5 Å². The fourth-order valence-corrected chi connectivity index (χ4v) is 1.28. The average Bonchev–Trinajstić information content (AvgIpc) is 2.06. The fourth-order valence-electron chi connectivity index (χ4n) is 1.28. The van der Waals surface area contributed by atoms with Gasteiger partial charge in [0.15, 0.2) is 0 Å². The number of fused-ring (bicyclic) bond motifs is 1. The van der Waals surface area contributed by atoms with Gasteiger partial charge >= 0.3 is 0 Å². The summed E-state index contributed by atoms with van der Waals surface area (Å²) in [5, 5.41) is 0.856. The molecule has 1 heterocycles. The molecule has 0 bridgehead atoms. The van der Waals surface area contributed by atoms with Crippen molar-refractivity contribution in [3.8, 4) is 0 Å². The lowest BCUT2D eigenvalue weighted by molar-refractivity contribution is 1.24. The van der Waals surface area contributed by atoms with Gasteiger partial charge in [-0.1, -0.05) is 11.6 Å². The van der Waals surface area contributed by atoms with E-state index >= 15 is 0 Å². The first kappa shape index (κ1) is 7.79. The van der Waals surface area contributed by atoms with Crippen LogP contribution in [0.25, 0.3) is 10.9 Å². The van der Waals surface area contributed by atoms with Crippen LogP contribution in [0.15, 0.2) is 18.2 Å². The molecule has 0 atom stereocenters. The highest BCUT2D eigenvalue weighted by Crippen LogP contribution is 2.19. The smallest absolute Gasteiger partial charge is 0.222 e. The van der Waals surface area contributed by atoms with Crippen LogP contribution in [0.5, 0.6) is 0 Å². The molecule has 0 radical (unpaired) electrons. The highest BCUT2D eigenvalue weighted by Gasteiger charge is 2.01. The molecule has 13 heavy (non-hydrogen) atoms. The summed E-state index contributed by atoms with van der Waals surface area (Å²) in [5.41, 5.74) is 13.1. The summed E-state index contributed by atoms with van der Waals surface area (Å²) >= 11 is 0. The number of benzene rings is 1. The Kier molecular flexibility index (Phi) is 1.55. The number of nitrogens with two attached hydrogens (primary N) is 2. The number of hydrogen-bond donors (Lipinski definition) is 2. The minimum absolute atomic E-state index is 0.217. The van der Waals surface area contributed by atoms with Crippen LogP contribution in [-0.2, 0) is 0 Å². The van der Waals surface area contributed by atoms with Gasteiger partial charge in [-0.05, 0) is 19.1 Å². The van der Waals surface area contributed by atoms with Crippen LogP contribution in [0.1, 0.15) is 5.56 Å². The normalized spacial score (nSPS) is 10.5. The maximum Gasteiger partial charge on any atom is 0.222 e. The van der Waals surface area contributed by atoms with Crippen molar-refractivity contribution in [2.75, 3.05) is 11.5 Å². The van der Waals surface area contributed by atoms with Gasteiger partial charge in [0.05, 0.1) is 5.52 Å². The highest BCUT2D eigenvalue weighted by molar-refractivity contribution is 5.89. The van der Waals surface area contributed by atoms with E-state index in [1.54, 1.807) is 0 Å². The zero-order valence-electron chi connectivity index (χ0n) is 7.28. The Morgan fingerprint density at radius 2 is 1.92 bits per heavy atom. The van der Waals surface area contributed by atoms with Crippen molar-refractivity contribution in [3.63, 3.8) is 0 Å². The molecule has 0 aliphatic rings. The van der Waals surface area contributed by atoms with E-state index < -0.39 is 0 Å². The predicted octanol–water partition coefficient (Wildman–Crippen LogP) is 1.10. The molecule has 4 N–H and O–H groups in total. The molecule has 0 spiro atoms. The summed E-state index contributed by atoms with van der Waals surface area (Å²) < 4.78 is 0. The van der Waals surface area contributed by atoms with Crippen molar-refractivity contribution in [2.45, 2.75) is 6.92 Å². The van der Waals surface area contributed by atoms with Crippen LogP contribution in [0.4, 0.5) is 11.8 Å². The SMILES string of the molecule is Cc1ccc2nc(N)nc(N)c2c1. The lowest BCUT2D eigenvalue weighted by atomic mass is 10.1. The topological polar surface area (TPSA) is 77.8 Å². The Morgan fingerprint density at radius 1 is 1.15 bits per heavy atom. The number of hydrogen-bond acceptors (Lipinski definition) is 4.